The van der Waals surface area contributed by atoms with Crippen molar-refractivity contribution in [1.29, 1.82) is 0 Å². The van der Waals surface area contributed by atoms with E-state index in [2.05, 4.69) is 10.6 Å². The van der Waals surface area contributed by atoms with Crippen molar-refractivity contribution in [3.05, 3.63) is 28.8 Å². The fraction of sp³-hybridized carbons (Fsp3) is 0.462. The molecule has 0 aliphatic carbocycles. The number of aromatic hydroxyl groups is 1. The molecule has 1 aliphatic heterocycles. The van der Waals surface area contributed by atoms with E-state index in [4.69, 9.17) is 0 Å². The van der Waals surface area contributed by atoms with E-state index in [1.54, 1.807) is 0 Å². The van der Waals surface area contributed by atoms with Crippen LogP contribution in [0.3, 0.4) is 0 Å². The van der Waals surface area contributed by atoms with Crippen LogP contribution in [0.15, 0.2) is 12.1 Å². The lowest BCUT2D eigenvalue weighted by Gasteiger charge is -2.39. The number of alkyl halides is 3. The number of halogens is 3. The number of benzene rings is 1. The van der Waals surface area contributed by atoms with Crippen LogP contribution in [0.5, 0.6) is 5.75 Å². The summed E-state index contributed by atoms with van der Waals surface area (Å²) in [6.45, 7) is 3.16. The molecule has 1 amide bonds. The quantitative estimate of drug-likeness (QED) is 0.733. The Bertz CT molecular complexity index is 534. The molecule has 0 bridgehead atoms. The molecule has 1 aliphatic rings. The van der Waals surface area contributed by atoms with E-state index < -0.39 is 17.6 Å². The van der Waals surface area contributed by atoms with Gasteiger partial charge in [0.05, 0.1) is 0 Å². The van der Waals surface area contributed by atoms with Crippen molar-refractivity contribution in [2.45, 2.75) is 25.6 Å². The number of amides is 1. The second-order valence-corrected chi connectivity index (χ2v) is 4.89. The van der Waals surface area contributed by atoms with E-state index in [1.807, 2.05) is 0 Å². The number of aryl methyl sites for hydroxylation is 2. The third-order valence-electron chi connectivity index (χ3n) is 3.49. The van der Waals surface area contributed by atoms with Gasteiger partial charge in [0.1, 0.15) is 5.75 Å². The van der Waals surface area contributed by atoms with Crippen molar-refractivity contribution in [3.8, 4) is 5.75 Å². The zero-order valence-electron chi connectivity index (χ0n) is 11.1. The minimum Gasteiger partial charge on any atom is -0.507 e. The second kappa shape index (κ2) is 4.66. The molecule has 1 fully saturated rings. The van der Waals surface area contributed by atoms with E-state index >= 15 is 0 Å². The number of carbonyl (C=O) groups excluding carboxylic acids is 1. The summed E-state index contributed by atoms with van der Waals surface area (Å²) >= 11 is 0. The summed E-state index contributed by atoms with van der Waals surface area (Å²) in [4.78, 5) is 11.9. The van der Waals surface area contributed by atoms with Gasteiger partial charge in [0.2, 0.25) is 5.54 Å². The first kappa shape index (κ1) is 14.6. The number of piperazine rings is 1. The normalized spacial score (nSPS) is 23.6. The molecule has 7 heteroatoms. The zero-order valence-corrected chi connectivity index (χ0v) is 11.1. The lowest BCUT2D eigenvalue weighted by molar-refractivity contribution is -0.206. The van der Waals surface area contributed by atoms with Gasteiger partial charge in [-0.3, -0.25) is 10.1 Å². The van der Waals surface area contributed by atoms with Gasteiger partial charge >= 0.3 is 6.18 Å². The molecule has 110 valence electrons. The van der Waals surface area contributed by atoms with Crippen LogP contribution in [0.25, 0.3) is 0 Å². The number of nitrogens with one attached hydrogen (secondary N) is 2. The summed E-state index contributed by atoms with van der Waals surface area (Å²) < 4.78 is 40.5. The fourth-order valence-electron chi connectivity index (χ4n) is 2.44. The Kier molecular flexibility index (Phi) is 3.41. The molecule has 3 N–H and O–H groups in total. The maximum Gasteiger partial charge on any atom is 0.419 e. The predicted octanol–water partition coefficient (Wildman–Crippen LogP) is 1.49. The largest absolute Gasteiger partial charge is 0.507 e. The van der Waals surface area contributed by atoms with Gasteiger partial charge in [0.15, 0.2) is 0 Å². The SMILES string of the molecule is Cc1cc(C2(C(F)(F)F)NCCNC2=O)cc(C)c1O. The summed E-state index contributed by atoms with van der Waals surface area (Å²) in [6, 6.07) is 2.38. The highest BCUT2D eigenvalue weighted by Crippen LogP contribution is 2.41. The summed E-state index contributed by atoms with van der Waals surface area (Å²) in [7, 11) is 0. The molecular weight excluding hydrogens is 273 g/mol. The van der Waals surface area contributed by atoms with Crippen LogP contribution >= 0.6 is 0 Å². The Labute approximate surface area is 114 Å². The van der Waals surface area contributed by atoms with E-state index in [9.17, 15) is 23.1 Å². The van der Waals surface area contributed by atoms with E-state index in [0.717, 1.165) is 0 Å². The van der Waals surface area contributed by atoms with Gasteiger partial charge in [-0.2, -0.15) is 13.2 Å². The van der Waals surface area contributed by atoms with Gasteiger partial charge in [0.25, 0.3) is 5.91 Å². The molecule has 0 saturated carbocycles. The number of phenols is 1. The van der Waals surface area contributed by atoms with E-state index in [0.29, 0.717) is 11.1 Å². The van der Waals surface area contributed by atoms with Gasteiger partial charge in [0, 0.05) is 13.1 Å². The molecule has 1 heterocycles. The number of phenolic OH excluding ortho intramolecular Hbond substituents is 1. The molecular formula is C13H15F3N2O2. The van der Waals surface area contributed by atoms with Crippen molar-refractivity contribution >= 4 is 5.91 Å². The van der Waals surface area contributed by atoms with Crippen molar-refractivity contribution < 1.29 is 23.1 Å². The number of hydrogen-bond acceptors (Lipinski definition) is 3. The minimum atomic E-state index is -4.78. The maximum atomic E-state index is 13.5. The van der Waals surface area contributed by atoms with Gasteiger partial charge in [-0.05, 0) is 42.7 Å². The maximum absolute atomic E-state index is 13.5. The van der Waals surface area contributed by atoms with Crippen molar-refractivity contribution in [1.82, 2.24) is 10.6 Å². The Morgan fingerprint density at radius 3 is 2.20 bits per heavy atom. The lowest BCUT2D eigenvalue weighted by atomic mass is 9.84. The monoisotopic (exact) mass is 288 g/mol. The molecule has 1 aromatic rings. The predicted molar refractivity (Wildman–Crippen MR) is 66.3 cm³/mol. The standard InChI is InChI=1S/C13H15F3N2O2/c1-7-5-9(6-8(2)10(7)19)12(13(14,15)16)11(20)17-3-4-18-12/h5-6,18-19H,3-4H2,1-2H3,(H,17,20). The molecule has 1 atom stereocenters. The van der Waals surface area contributed by atoms with Gasteiger partial charge in [-0.1, -0.05) is 0 Å². The van der Waals surface area contributed by atoms with Crippen LogP contribution < -0.4 is 10.6 Å². The number of hydrogen-bond donors (Lipinski definition) is 3. The van der Waals surface area contributed by atoms with Crippen molar-refractivity contribution in [2.75, 3.05) is 13.1 Å². The number of rotatable bonds is 1. The van der Waals surface area contributed by atoms with Crippen LogP contribution in [0, 0.1) is 13.8 Å². The molecule has 1 unspecified atom stereocenters. The van der Waals surface area contributed by atoms with Gasteiger partial charge in [-0.15, -0.1) is 0 Å². The van der Waals surface area contributed by atoms with E-state index in [1.165, 1.54) is 26.0 Å². The first-order chi connectivity index (χ1) is 9.20. The summed E-state index contributed by atoms with van der Waals surface area (Å²) in [5.41, 5.74) is -2.39. The third kappa shape index (κ3) is 2.02. The smallest absolute Gasteiger partial charge is 0.419 e. The van der Waals surface area contributed by atoms with Crippen molar-refractivity contribution in [3.63, 3.8) is 0 Å². The topological polar surface area (TPSA) is 61.4 Å². The minimum absolute atomic E-state index is 0.0181. The summed E-state index contributed by atoms with van der Waals surface area (Å²) in [6.07, 6.45) is -4.78. The molecule has 1 aromatic carbocycles. The Morgan fingerprint density at radius 1 is 1.20 bits per heavy atom. The van der Waals surface area contributed by atoms with Crippen molar-refractivity contribution in [2.24, 2.45) is 0 Å². The van der Waals surface area contributed by atoms with E-state index in [-0.39, 0.29) is 24.4 Å². The Morgan fingerprint density at radius 2 is 1.75 bits per heavy atom. The average Bonchev–Trinajstić information content (AvgIpc) is 2.34. The van der Waals surface area contributed by atoms with Gasteiger partial charge in [-0.25, -0.2) is 0 Å². The highest BCUT2D eigenvalue weighted by atomic mass is 19.4. The third-order valence-corrected chi connectivity index (χ3v) is 3.49. The molecule has 20 heavy (non-hydrogen) atoms. The Hall–Kier alpha value is -1.76. The van der Waals surface area contributed by atoms with Crippen LogP contribution in [-0.4, -0.2) is 30.3 Å². The second-order valence-electron chi connectivity index (χ2n) is 4.89. The molecule has 0 spiro atoms. The highest BCUT2D eigenvalue weighted by molar-refractivity contribution is 5.89. The van der Waals surface area contributed by atoms with Crippen LogP contribution in [-0.2, 0) is 10.3 Å². The fourth-order valence-corrected chi connectivity index (χ4v) is 2.44. The molecule has 2 rings (SSSR count). The summed E-state index contributed by atoms with van der Waals surface area (Å²) in [5, 5.41) is 14.2. The summed E-state index contributed by atoms with van der Waals surface area (Å²) in [5.74, 6) is -1.19. The highest BCUT2D eigenvalue weighted by Gasteiger charge is 2.62. The van der Waals surface area contributed by atoms with Crippen LogP contribution in [0.1, 0.15) is 16.7 Å². The van der Waals surface area contributed by atoms with Gasteiger partial charge < -0.3 is 10.4 Å². The first-order valence-electron chi connectivity index (χ1n) is 6.11. The zero-order chi connectivity index (χ0) is 15.1. The lowest BCUT2D eigenvalue weighted by Crippen LogP contribution is -2.67. The molecule has 1 saturated heterocycles. The molecule has 0 aromatic heterocycles. The van der Waals surface area contributed by atoms with Crippen LogP contribution in [0.2, 0.25) is 0 Å². The molecule has 0 radical (unpaired) electrons. The number of carbonyl (C=O) groups is 1. The first-order valence-corrected chi connectivity index (χ1v) is 6.11. The van der Waals surface area contributed by atoms with Crippen LogP contribution in [0.4, 0.5) is 13.2 Å². The Balaban J connectivity index is 2.67. The molecule has 4 nitrogen and oxygen atoms in total. The average molecular weight is 288 g/mol.